The molecule has 24 heavy (non-hydrogen) atoms. The van der Waals surface area contributed by atoms with Gasteiger partial charge in [-0.05, 0) is 18.2 Å². The number of amides is 1. The molecule has 1 aliphatic rings. The zero-order valence-electron chi connectivity index (χ0n) is 12.2. The number of carbonyl (C=O) groups excluding carboxylic acids is 1. The molecule has 6 nitrogen and oxygen atoms in total. The maximum atomic E-state index is 12.6. The van der Waals surface area contributed by atoms with E-state index in [1.807, 2.05) is 4.57 Å². The molecule has 0 bridgehead atoms. The fraction of sp³-hybridized carbons (Fsp3) is 0.357. The number of nitrogens with zero attached hydrogens (tertiary/aromatic N) is 3. The van der Waals surface area contributed by atoms with Crippen molar-refractivity contribution in [1.29, 1.82) is 0 Å². The second kappa shape index (κ2) is 6.40. The number of fused-ring (bicyclic) bond motifs is 1. The smallest absolute Gasteiger partial charge is 0.372 e. The molecule has 3 rings (SSSR count). The van der Waals surface area contributed by atoms with E-state index in [1.54, 1.807) is 0 Å². The Morgan fingerprint density at radius 3 is 2.88 bits per heavy atom. The maximum Gasteiger partial charge on any atom is 0.416 e. The lowest BCUT2D eigenvalue weighted by Gasteiger charge is -2.15. The van der Waals surface area contributed by atoms with Crippen molar-refractivity contribution in [1.82, 2.24) is 20.1 Å². The standard InChI is InChI=1S/C14H12ClF3N4O2/c15-10-5-8(14(16,17)18)1-2-9(10)13(23)19-6-11-20-21-12-7-24-4-3-22(11)12/h1-2,5H,3-4,6-7H2,(H,19,23). The average molecular weight is 361 g/mol. The summed E-state index contributed by atoms with van der Waals surface area (Å²) in [6.07, 6.45) is -4.51. The molecule has 1 amide bonds. The molecule has 128 valence electrons. The van der Waals surface area contributed by atoms with Crippen molar-refractivity contribution in [2.45, 2.75) is 25.9 Å². The van der Waals surface area contributed by atoms with Gasteiger partial charge in [0.05, 0.1) is 29.3 Å². The van der Waals surface area contributed by atoms with Crippen LogP contribution in [0.4, 0.5) is 13.2 Å². The van der Waals surface area contributed by atoms with Gasteiger partial charge in [0, 0.05) is 6.54 Å². The number of halogens is 4. The van der Waals surface area contributed by atoms with Gasteiger partial charge in [0.1, 0.15) is 6.61 Å². The van der Waals surface area contributed by atoms with Gasteiger partial charge in [0.25, 0.3) is 5.91 Å². The van der Waals surface area contributed by atoms with Crippen LogP contribution >= 0.6 is 11.6 Å². The molecule has 0 fully saturated rings. The fourth-order valence-corrected chi connectivity index (χ4v) is 2.58. The van der Waals surface area contributed by atoms with Gasteiger partial charge in [0.2, 0.25) is 0 Å². The highest BCUT2D eigenvalue weighted by Gasteiger charge is 2.31. The van der Waals surface area contributed by atoms with Crippen LogP contribution in [0.2, 0.25) is 5.02 Å². The van der Waals surface area contributed by atoms with Gasteiger partial charge in [-0.15, -0.1) is 10.2 Å². The minimum Gasteiger partial charge on any atom is -0.372 e. The van der Waals surface area contributed by atoms with E-state index in [-0.39, 0.29) is 17.1 Å². The molecule has 1 aromatic carbocycles. The monoisotopic (exact) mass is 360 g/mol. The van der Waals surface area contributed by atoms with Gasteiger partial charge in [-0.2, -0.15) is 13.2 Å². The van der Waals surface area contributed by atoms with Crippen molar-refractivity contribution in [2.75, 3.05) is 6.61 Å². The second-order valence-corrected chi connectivity index (χ2v) is 5.52. The van der Waals surface area contributed by atoms with Gasteiger partial charge in [-0.3, -0.25) is 4.79 Å². The zero-order valence-corrected chi connectivity index (χ0v) is 13.0. The number of hydrogen-bond acceptors (Lipinski definition) is 4. The largest absolute Gasteiger partial charge is 0.416 e. The van der Waals surface area contributed by atoms with Crippen LogP contribution < -0.4 is 5.32 Å². The molecule has 0 radical (unpaired) electrons. The van der Waals surface area contributed by atoms with Crippen molar-refractivity contribution in [2.24, 2.45) is 0 Å². The highest BCUT2D eigenvalue weighted by Crippen LogP contribution is 2.32. The molecule has 2 aromatic rings. The Morgan fingerprint density at radius 2 is 2.17 bits per heavy atom. The van der Waals surface area contributed by atoms with Crippen LogP contribution in [-0.4, -0.2) is 27.3 Å². The Kier molecular flexibility index (Phi) is 4.46. The van der Waals surface area contributed by atoms with Gasteiger partial charge < -0.3 is 14.6 Å². The van der Waals surface area contributed by atoms with E-state index in [1.165, 1.54) is 0 Å². The predicted molar refractivity (Wildman–Crippen MR) is 77.3 cm³/mol. The molecule has 1 N–H and O–H groups in total. The summed E-state index contributed by atoms with van der Waals surface area (Å²) < 4.78 is 44.9. The molecule has 0 unspecified atom stereocenters. The second-order valence-electron chi connectivity index (χ2n) is 5.11. The first-order valence-corrected chi connectivity index (χ1v) is 7.37. The molecular weight excluding hydrogens is 349 g/mol. The topological polar surface area (TPSA) is 69.0 Å². The Balaban J connectivity index is 1.70. The Labute approximate surface area is 139 Å². The Hall–Kier alpha value is -2.13. The number of carbonyl (C=O) groups is 1. The molecule has 0 saturated heterocycles. The molecule has 10 heteroatoms. The SMILES string of the molecule is O=C(NCc1nnc2n1CCOC2)c1ccc(C(F)(F)F)cc1Cl. The molecule has 1 aromatic heterocycles. The molecule has 0 spiro atoms. The van der Waals surface area contributed by atoms with Gasteiger partial charge >= 0.3 is 6.18 Å². The molecule has 0 saturated carbocycles. The fourth-order valence-electron chi connectivity index (χ4n) is 2.32. The Morgan fingerprint density at radius 1 is 1.38 bits per heavy atom. The maximum absolute atomic E-state index is 12.6. The molecule has 0 atom stereocenters. The minimum atomic E-state index is -4.51. The lowest BCUT2D eigenvalue weighted by Crippen LogP contribution is -2.27. The summed E-state index contributed by atoms with van der Waals surface area (Å²) in [5, 5.41) is 10.2. The van der Waals surface area contributed by atoms with Gasteiger partial charge in [0.15, 0.2) is 11.6 Å². The zero-order chi connectivity index (χ0) is 17.3. The van der Waals surface area contributed by atoms with Crippen LogP contribution in [0.25, 0.3) is 0 Å². The summed E-state index contributed by atoms with van der Waals surface area (Å²) in [6.45, 7) is 1.54. The van der Waals surface area contributed by atoms with Crippen LogP contribution in [0.1, 0.15) is 27.6 Å². The normalized spacial score (nSPS) is 14.3. The van der Waals surface area contributed by atoms with Gasteiger partial charge in [-0.25, -0.2) is 0 Å². The quantitative estimate of drug-likeness (QED) is 0.912. The highest BCUT2D eigenvalue weighted by molar-refractivity contribution is 6.33. The summed E-state index contributed by atoms with van der Waals surface area (Å²) in [6, 6.07) is 2.59. The lowest BCUT2D eigenvalue weighted by atomic mass is 10.1. The molecular formula is C14H12ClF3N4O2. The van der Waals surface area contributed by atoms with Crippen molar-refractivity contribution in [3.05, 3.63) is 46.0 Å². The Bertz CT molecular complexity index is 776. The number of benzene rings is 1. The first-order valence-electron chi connectivity index (χ1n) is 7.00. The molecule has 0 aliphatic carbocycles. The van der Waals surface area contributed by atoms with E-state index in [9.17, 15) is 18.0 Å². The number of ether oxygens (including phenoxy) is 1. The van der Waals surface area contributed by atoms with E-state index < -0.39 is 17.6 Å². The molecule has 1 aliphatic heterocycles. The number of rotatable bonds is 3. The number of nitrogens with one attached hydrogen (secondary N) is 1. The van der Waals surface area contributed by atoms with Crippen LogP contribution in [-0.2, 0) is 30.6 Å². The van der Waals surface area contributed by atoms with Crippen LogP contribution in [0, 0.1) is 0 Å². The first-order chi connectivity index (χ1) is 11.4. The number of aromatic nitrogens is 3. The average Bonchev–Trinajstić information content (AvgIpc) is 2.95. The van der Waals surface area contributed by atoms with E-state index >= 15 is 0 Å². The van der Waals surface area contributed by atoms with Crippen LogP contribution in [0.5, 0.6) is 0 Å². The minimum absolute atomic E-state index is 0.0358. The van der Waals surface area contributed by atoms with E-state index in [0.29, 0.717) is 31.4 Å². The van der Waals surface area contributed by atoms with Crippen LogP contribution in [0.15, 0.2) is 18.2 Å². The number of alkyl halides is 3. The van der Waals surface area contributed by atoms with Crippen LogP contribution in [0.3, 0.4) is 0 Å². The lowest BCUT2D eigenvalue weighted by molar-refractivity contribution is -0.137. The van der Waals surface area contributed by atoms with Crippen molar-refractivity contribution in [3.63, 3.8) is 0 Å². The third kappa shape index (κ3) is 3.36. The van der Waals surface area contributed by atoms with Crippen molar-refractivity contribution in [3.8, 4) is 0 Å². The van der Waals surface area contributed by atoms with E-state index in [2.05, 4.69) is 15.5 Å². The highest BCUT2D eigenvalue weighted by atomic mass is 35.5. The van der Waals surface area contributed by atoms with E-state index in [4.69, 9.17) is 16.3 Å². The third-order valence-electron chi connectivity index (χ3n) is 3.54. The summed E-state index contributed by atoms with van der Waals surface area (Å²) >= 11 is 5.80. The van der Waals surface area contributed by atoms with Crippen molar-refractivity contribution >= 4 is 17.5 Å². The van der Waals surface area contributed by atoms with E-state index in [0.717, 1.165) is 18.2 Å². The first kappa shape index (κ1) is 16.7. The summed E-state index contributed by atoms with van der Waals surface area (Å²) in [5.74, 6) is 0.626. The summed E-state index contributed by atoms with van der Waals surface area (Å²) in [7, 11) is 0. The number of hydrogen-bond donors (Lipinski definition) is 1. The summed E-state index contributed by atoms with van der Waals surface area (Å²) in [5.41, 5.74) is -0.943. The van der Waals surface area contributed by atoms with Gasteiger partial charge in [-0.1, -0.05) is 11.6 Å². The summed E-state index contributed by atoms with van der Waals surface area (Å²) in [4.78, 5) is 12.1. The predicted octanol–water partition coefficient (Wildman–Crippen LogP) is 2.41. The third-order valence-corrected chi connectivity index (χ3v) is 3.86. The van der Waals surface area contributed by atoms with Crippen molar-refractivity contribution < 1.29 is 22.7 Å². The molecule has 2 heterocycles.